The molecule has 0 spiro atoms. The number of rotatable bonds is 3. The van der Waals surface area contributed by atoms with Crippen LogP contribution < -0.4 is 5.32 Å². The van der Waals surface area contributed by atoms with Crippen molar-refractivity contribution in [3.63, 3.8) is 0 Å². The molecule has 1 aliphatic heterocycles. The van der Waals surface area contributed by atoms with Crippen LogP contribution in [0.1, 0.15) is 72.6 Å². The second kappa shape index (κ2) is 6.21. The summed E-state index contributed by atoms with van der Waals surface area (Å²) in [7, 11) is 0. The zero-order chi connectivity index (χ0) is 18.7. The van der Waals surface area contributed by atoms with Crippen molar-refractivity contribution in [3.8, 4) is 0 Å². The van der Waals surface area contributed by atoms with E-state index in [1.54, 1.807) is 6.08 Å². The minimum absolute atomic E-state index is 0.0757. The largest absolute Gasteiger partial charge is 0.349 e. The quantitative estimate of drug-likeness (QED) is 0.807. The van der Waals surface area contributed by atoms with Gasteiger partial charge in [-0.25, -0.2) is 0 Å². The molecule has 0 saturated heterocycles. The van der Waals surface area contributed by atoms with Crippen LogP contribution in [0.2, 0.25) is 0 Å². The lowest BCUT2D eigenvalue weighted by molar-refractivity contribution is -0.132. The molecular formula is C23H35NO2. The third-order valence-corrected chi connectivity index (χ3v) is 8.68. The predicted molar refractivity (Wildman–Crippen MR) is 103 cm³/mol. The number of nitrogens with one attached hydrogen (secondary N) is 1. The summed E-state index contributed by atoms with van der Waals surface area (Å²) in [5.41, 5.74) is 0.302. The van der Waals surface area contributed by atoms with Gasteiger partial charge < -0.3 is 5.32 Å². The molecule has 1 N–H and O–H groups in total. The molecule has 0 aromatic heterocycles. The molecule has 0 aromatic rings. The topological polar surface area (TPSA) is 46.2 Å². The molecule has 3 nitrogen and oxygen atoms in total. The zero-order valence-electron chi connectivity index (χ0n) is 16.9. The molecule has 0 radical (unpaired) electrons. The van der Waals surface area contributed by atoms with Crippen molar-refractivity contribution >= 4 is 11.7 Å². The normalized spacial score (nSPS) is 47.1. The molecule has 4 aliphatic rings. The average Bonchev–Trinajstić information content (AvgIpc) is 2.92. The smallest absolute Gasteiger partial charge is 0.243 e. The molecule has 5 unspecified atom stereocenters. The summed E-state index contributed by atoms with van der Waals surface area (Å²) in [5, 5.41) is 3.23. The molecule has 1 heterocycles. The van der Waals surface area contributed by atoms with Crippen molar-refractivity contribution in [2.75, 3.05) is 0 Å². The highest BCUT2D eigenvalue weighted by Crippen LogP contribution is 2.65. The number of carbonyl (C=O) groups is 2. The fourth-order valence-electron chi connectivity index (χ4n) is 7.41. The SMILES string of the molecule is CC(C)CC(=O)C1CCC2C3CCC4NC(=O)C=C[C@]4(C)C3CC[C@]12C. The second-order valence-electron chi connectivity index (χ2n) is 10.5. The van der Waals surface area contributed by atoms with Crippen LogP contribution in [0.3, 0.4) is 0 Å². The molecule has 4 rings (SSSR count). The van der Waals surface area contributed by atoms with Crippen molar-refractivity contribution in [2.24, 2.45) is 40.4 Å². The van der Waals surface area contributed by atoms with Gasteiger partial charge in [0.1, 0.15) is 5.78 Å². The van der Waals surface area contributed by atoms with E-state index in [1.807, 2.05) is 0 Å². The summed E-state index contributed by atoms with van der Waals surface area (Å²) < 4.78 is 0. The Morgan fingerprint density at radius 3 is 2.65 bits per heavy atom. The summed E-state index contributed by atoms with van der Waals surface area (Å²) in [4.78, 5) is 24.8. The molecule has 1 amide bonds. The Morgan fingerprint density at radius 1 is 1.15 bits per heavy atom. The van der Waals surface area contributed by atoms with Gasteiger partial charge in [-0.15, -0.1) is 0 Å². The highest BCUT2D eigenvalue weighted by molar-refractivity contribution is 5.89. The molecule has 0 aromatic carbocycles. The maximum atomic E-state index is 12.9. The van der Waals surface area contributed by atoms with E-state index < -0.39 is 0 Å². The summed E-state index contributed by atoms with van der Waals surface area (Å²) >= 11 is 0. The molecule has 3 fully saturated rings. The number of Topliss-reactive ketones (excluding diaryl/α,β-unsaturated/α-hetero) is 1. The number of hydrogen-bond donors (Lipinski definition) is 1. The van der Waals surface area contributed by atoms with E-state index in [9.17, 15) is 9.59 Å². The highest BCUT2D eigenvalue weighted by atomic mass is 16.1. The van der Waals surface area contributed by atoms with E-state index in [1.165, 1.54) is 25.7 Å². The number of fused-ring (bicyclic) bond motifs is 5. The van der Waals surface area contributed by atoms with Crippen molar-refractivity contribution in [3.05, 3.63) is 12.2 Å². The summed E-state index contributed by atoms with van der Waals surface area (Å²) in [6.45, 7) is 9.12. The third-order valence-electron chi connectivity index (χ3n) is 8.68. The van der Waals surface area contributed by atoms with Gasteiger partial charge in [-0.05, 0) is 73.7 Å². The maximum absolute atomic E-state index is 12.9. The average molecular weight is 358 g/mol. The van der Waals surface area contributed by atoms with Gasteiger partial charge in [-0.1, -0.05) is 33.8 Å². The van der Waals surface area contributed by atoms with Gasteiger partial charge in [0, 0.05) is 23.8 Å². The third kappa shape index (κ3) is 2.60. The van der Waals surface area contributed by atoms with Crippen LogP contribution in [0, 0.1) is 40.4 Å². The van der Waals surface area contributed by atoms with E-state index >= 15 is 0 Å². The van der Waals surface area contributed by atoms with Gasteiger partial charge in [-0.2, -0.15) is 0 Å². The maximum Gasteiger partial charge on any atom is 0.243 e. The number of hydrogen-bond acceptors (Lipinski definition) is 2. The lowest BCUT2D eigenvalue weighted by Crippen LogP contribution is -2.59. The Morgan fingerprint density at radius 2 is 1.92 bits per heavy atom. The van der Waals surface area contributed by atoms with Crippen LogP contribution >= 0.6 is 0 Å². The van der Waals surface area contributed by atoms with Crippen molar-refractivity contribution in [1.29, 1.82) is 0 Å². The van der Waals surface area contributed by atoms with Gasteiger partial charge in [0.15, 0.2) is 0 Å². The van der Waals surface area contributed by atoms with E-state index in [2.05, 4.69) is 39.1 Å². The van der Waals surface area contributed by atoms with Crippen LogP contribution in [-0.4, -0.2) is 17.7 Å². The lowest BCUT2D eigenvalue weighted by Gasteiger charge is -2.58. The van der Waals surface area contributed by atoms with Crippen LogP contribution in [0.5, 0.6) is 0 Å². The number of amides is 1. The first-order valence-electron chi connectivity index (χ1n) is 10.8. The van der Waals surface area contributed by atoms with E-state index in [4.69, 9.17) is 0 Å². The Bertz CT molecular complexity index is 638. The number of carbonyl (C=O) groups excluding carboxylic acids is 2. The number of ketones is 1. The summed E-state index contributed by atoms with van der Waals surface area (Å²) in [6.07, 6.45) is 11.7. The predicted octanol–water partition coefficient (Wildman–Crippen LogP) is 4.52. The standard InChI is InChI=1S/C23H35NO2/c1-14(2)13-19(25)18-7-6-16-15-5-8-20-23(4,12-10-21(26)24-20)17(15)9-11-22(16,18)3/h10,12,14-18,20H,5-9,11,13H2,1-4H3,(H,24,26)/t15?,16?,17?,18?,20?,22-,23+/m0/s1. The monoisotopic (exact) mass is 357 g/mol. The van der Waals surface area contributed by atoms with Crippen LogP contribution in [0.4, 0.5) is 0 Å². The van der Waals surface area contributed by atoms with Gasteiger partial charge in [0.05, 0.1) is 0 Å². The molecule has 3 heteroatoms. The van der Waals surface area contributed by atoms with Crippen molar-refractivity contribution in [1.82, 2.24) is 5.32 Å². The molecule has 26 heavy (non-hydrogen) atoms. The fourth-order valence-corrected chi connectivity index (χ4v) is 7.41. The molecule has 7 atom stereocenters. The Hall–Kier alpha value is -1.12. The van der Waals surface area contributed by atoms with E-state index in [-0.39, 0.29) is 22.7 Å². The molecule has 0 bridgehead atoms. The van der Waals surface area contributed by atoms with Crippen molar-refractivity contribution in [2.45, 2.75) is 78.7 Å². The van der Waals surface area contributed by atoms with Gasteiger partial charge >= 0.3 is 0 Å². The van der Waals surface area contributed by atoms with Crippen LogP contribution in [-0.2, 0) is 9.59 Å². The van der Waals surface area contributed by atoms with Crippen LogP contribution in [0.15, 0.2) is 12.2 Å². The van der Waals surface area contributed by atoms with E-state index in [0.29, 0.717) is 35.5 Å². The van der Waals surface area contributed by atoms with Crippen LogP contribution in [0.25, 0.3) is 0 Å². The molecular weight excluding hydrogens is 322 g/mol. The van der Waals surface area contributed by atoms with E-state index in [0.717, 1.165) is 19.3 Å². The minimum Gasteiger partial charge on any atom is -0.349 e. The fraction of sp³-hybridized carbons (Fsp3) is 0.826. The summed E-state index contributed by atoms with van der Waals surface area (Å²) in [5.74, 6) is 3.39. The zero-order valence-corrected chi connectivity index (χ0v) is 16.9. The molecule has 3 saturated carbocycles. The first-order valence-corrected chi connectivity index (χ1v) is 10.8. The minimum atomic E-state index is 0.0757. The van der Waals surface area contributed by atoms with Gasteiger partial charge in [0.2, 0.25) is 5.91 Å². The van der Waals surface area contributed by atoms with Gasteiger partial charge in [0.25, 0.3) is 0 Å². The Labute approximate surface area is 158 Å². The first kappa shape index (κ1) is 18.3. The molecule has 144 valence electrons. The Balaban J connectivity index is 1.59. The summed E-state index contributed by atoms with van der Waals surface area (Å²) in [6, 6.07) is 0.297. The Kier molecular flexibility index (Phi) is 4.36. The molecule has 3 aliphatic carbocycles. The highest BCUT2D eigenvalue weighted by Gasteiger charge is 2.60. The van der Waals surface area contributed by atoms with Gasteiger partial charge in [-0.3, -0.25) is 9.59 Å². The second-order valence-corrected chi connectivity index (χ2v) is 10.5. The lowest BCUT2D eigenvalue weighted by atomic mass is 9.47. The first-order chi connectivity index (χ1) is 12.3. The van der Waals surface area contributed by atoms with Crippen molar-refractivity contribution < 1.29 is 9.59 Å².